The van der Waals surface area contributed by atoms with Gasteiger partial charge in [-0.3, -0.25) is 9.69 Å². The van der Waals surface area contributed by atoms with E-state index in [1.165, 1.54) is 0 Å². The highest BCUT2D eigenvalue weighted by molar-refractivity contribution is 5.79. The largest absolute Gasteiger partial charge is 0.368 e. The van der Waals surface area contributed by atoms with Gasteiger partial charge in [-0.15, -0.1) is 0 Å². The molecule has 1 unspecified atom stereocenters. The Balaban J connectivity index is 2.20. The lowest BCUT2D eigenvalue weighted by Crippen LogP contribution is -2.50. The summed E-state index contributed by atoms with van der Waals surface area (Å²) < 4.78 is 0. The van der Waals surface area contributed by atoms with Crippen molar-refractivity contribution in [3.8, 4) is 0 Å². The maximum atomic E-state index is 10.8. The topological polar surface area (TPSA) is 75.6 Å². The molecule has 1 aliphatic rings. The van der Waals surface area contributed by atoms with E-state index >= 15 is 0 Å². The van der Waals surface area contributed by atoms with Gasteiger partial charge >= 0.3 is 0 Å². The second-order valence-electron chi connectivity index (χ2n) is 4.77. The zero-order valence-electron chi connectivity index (χ0n) is 10.4. The van der Waals surface area contributed by atoms with Gasteiger partial charge in [0, 0.05) is 38.8 Å². The highest BCUT2D eigenvalue weighted by Crippen LogP contribution is 2.06. The summed E-state index contributed by atoms with van der Waals surface area (Å²) in [6, 6.07) is 0.123. The molecule has 0 radical (unpaired) electrons. The van der Waals surface area contributed by atoms with E-state index in [0.29, 0.717) is 12.5 Å². The average Bonchev–Trinajstić information content (AvgIpc) is 2.26. The molecule has 1 amide bonds. The number of hydrogen-bond donors (Lipinski definition) is 2. The van der Waals surface area contributed by atoms with Crippen molar-refractivity contribution in [2.45, 2.75) is 32.4 Å². The fourth-order valence-electron chi connectivity index (χ4n) is 1.97. The van der Waals surface area contributed by atoms with E-state index in [2.05, 4.69) is 23.6 Å². The van der Waals surface area contributed by atoms with Crippen molar-refractivity contribution in [2.24, 2.45) is 11.5 Å². The number of rotatable bonds is 5. The number of nitrogens with two attached hydrogens (primary N) is 2. The fourth-order valence-corrected chi connectivity index (χ4v) is 1.97. The first kappa shape index (κ1) is 13.4. The van der Waals surface area contributed by atoms with Gasteiger partial charge < -0.3 is 16.4 Å². The summed E-state index contributed by atoms with van der Waals surface area (Å²) in [6.45, 7) is 9.63. The average molecular weight is 228 g/mol. The van der Waals surface area contributed by atoms with Crippen LogP contribution in [0.3, 0.4) is 0 Å². The number of amides is 1. The van der Waals surface area contributed by atoms with Crippen LogP contribution in [0.2, 0.25) is 0 Å². The molecule has 4 N–H and O–H groups in total. The van der Waals surface area contributed by atoms with E-state index < -0.39 is 11.9 Å². The first-order valence-electron chi connectivity index (χ1n) is 6.02. The Morgan fingerprint density at radius 1 is 1.25 bits per heavy atom. The molecule has 1 saturated heterocycles. The number of carbonyl (C=O) groups is 1. The Labute approximate surface area is 97.7 Å². The third kappa shape index (κ3) is 4.08. The highest BCUT2D eigenvalue weighted by Gasteiger charge is 2.19. The molecule has 0 bridgehead atoms. The summed E-state index contributed by atoms with van der Waals surface area (Å²) in [6.07, 6.45) is 0.664. The second kappa shape index (κ2) is 6.18. The molecular formula is C11H24N4O. The molecule has 0 aliphatic carbocycles. The van der Waals surface area contributed by atoms with Gasteiger partial charge in [0.1, 0.15) is 0 Å². The van der Waals surface area contributed by atoms with Crippen LogP contribution in [0.15, 0.2) is 0 Å². The van der Waals surface area contributed by atoms with E-state index in [-0.39, 0.29) is 0 Å². The molecule has 1 atom stereocenters. The van der Waals surface area contributed by atoms with Crippen LogP contribution in [-0.4, -0.2) is 60.5 Å². The van der Waals surface area contributed by atoms with Gasteiger partial charge in [-0.2, -0.15) is 0 Å². The Kier molecular flexibility index (Phi) is 5.18. The molecule has 1 rings (SSSR count). The molecule has 0 saturated carbocycles. The first-order chi connectivity index (χ1) is 7.50. The van der Waals surface area contributed by atoms with Gasteiger partial charge in [0.2, 0.25) is 5.91 Å². The van der Waals surface area contributed by atoms with Crippen LogP contribution < -0.4 is 11.5 Å². The third-order valence-corrected chi connectivity index (χ3v) is 3.26. The lowest BCUT2D eigenvalue weighted by molar-refractivity contribution is -0.119. The number of piperazine rings is 1. The zero-order valence-corrected chi connectivity index (χ0v) is 10.4. The minimum atomic E-state index is -0.497. The van der Waals surface area contributed by atoms with Crippen molar-refractivity contribution >= 4 is 5.91 Å². The Morgan fingerprint density at radius 3 is 2.25 bits per heavy atom. The van der Waals surface area contributed by atoms with E-state index in [1.54, 1.807) is 0 Å². The maximum absolute atomic E-state index is 10.8. The third-order valence-electron chi connectivity index (χ3n) is 3.26. The Bertz CT molecular complexity index is 224. The number of nitrogens with zero attached hydrogens (tertiary/aromatic N) is 2. The quantitative estimate of drug-likeness (QED) is 0.647. The van der Waals surface area contributed by atoms with Crippen molar-refractivity contribution in [3.63, 3.8) is 0 Å². The second-order valence-corrected chi connectivity index (χ2v) is 4.77. The molecule has 0 aromatic heterocycles. The fraction of sp³-hybridized carbons (Fsp3) is 0.909. The van der Waals surface area contributed by atoms with Gasteiger partial charge in [0.15, 0.2) is 0 Å². The van der Waals surface area contributed by atoms with E-state index in [9.17, 15) is 4.79 Å². The predicted molar refractivity (Wildman–Crippen MR) is 64.9 cm³/mol. The molecule has 16 heavy (non-hydrogen) atoms. The van der Waals surface area contributed by atoms with Crippen LogP contribution in [0.5, 0.6) is 0 Å². The molecule has 5 heteroatoms. The highest BCUT2D eigenvalue weighted by atomic mass is 16.1. The number of carbonyl (C=O) groups excluding carboxylic acids is 1. The molecule has 5 nitrogen and oxygen atoms in total. The zero-order chi connectivity index (χ0) is 12.1. The standard InChI is InChI=1S/C11H24N4O/c1-9(2)15-7-5-14(6-8-15)4-3-10(12)11(13)16/h9-10H,3-8,12H2,1-2H3,(H2,13,16). The predicted octanol–water partition coefficient (Wildman–Crippen LogP) is -0.785. The molecule has 1 aliphatic heterocycles. The normalized spacial score (nSPS) is 21.2. The minimum Gasteiger partial charge on any atom is -0.368 e. The van der Waals surface area contributed by atoms with Crippen molar-refractivity contribution in [3.05, 3.63) is 0 Å². The summed E-state index contributed by atoms with van der Waals surface area (Å²) in [4.78, 5) is 15.6. The summed E-state index contributed by atoms with van der Waals surface area (Å²) in [5.74, 6) is -0.402. The van der Waals surface area contributed by atoms with Crippen molar-refractivity contribution < 1.29 is 4.79 Å². The molecule has 0 aromatic carbocycles. The van der Waals surface area contributed by atoms with Gasteiger partial charge in [0.05, 0.1) is 6.04 Å². The molecule has 94 valence electrons. The van der Waals surface area contributed by atoms with Crippen molar-refractivity contribution in [1.82, 2.24) is 9.80 Å². The molecular weight excluding hydrogens is 204 g/mol. The molecule has 1 heterocycles. The van der Waals surface area contributed by atoms with Gasteiger partial charge in [0.25, 0.3) is 0 Å². The van der Waals surface area contributed by atoms with Crippen LogP contribution in [0.1, 0.15) is 20.3 Å². The lowest BCUT2D eigenvalue weighted by atomic mass is 10.2. The van der Waals surface area contributed by atoms with Crippen molar-refractivity contribution in [2.75, 3.05) is 32.7 Å². The summed E-state index contributed by atoms with van der Waals surface area (Å²) in [5.41, 5.74) is 10.7. The van der Waals surface area contributed by atoms with Crippen LogP contribution in [0, 0.1) is 0 Å². The summed E-state index contributed by atoms with van der Waals surface area (Å²) in [7, 11) is 0. The van der Waals surface area contributed by atoms with Gasteiger partial charge in [-0.1, -0.05) is 0 Å². The lowest BCUT2D eigenvalue weighted by Gasteiger charge is -2.37. The summed E-state index contributed by atoms with van der Waals surface area (Å²) in [5, 5.41) is 0. The molecule has 0 spiro atoms. The Morgan fingerprint density at radius 2 is 1.81 bits per heavy atom. The van der Waals surface area contributed by atoms with E-state index in [1.807, 2.05) is 0 Å². The van der Waals surface area contributed by atoms with Crippen molar-refractivity contribution in [1.29, 1.82) is 0 Å². The number of hydrogen-bond acceptors (Lipinski definition) is 4. The van der Waals surface area contributed by atoms with Crippen LogP contribution in [0.25, 0.3) is 0 Å². The summed E-state index contributed by atoms with van der Waals surface area (Å²) >= 11 is 0. The molecule has 0 aromatic rings. The van der Waals surface area contributed by atoms with Crippen LogP contribution in [0.4, 0.5) is 0 Å². The minimum absolute atomic E-state index is 0.402. The van der Waals surface area contributed by atoms with Crippen LogP contribution >= 0.6 is 0 Å². The monoisotopic (exact) mass is 228 g/mol. The number of primary amides is 1. The Hall–Kier alpha value is -0.650. The molecule has 1 fully saturated rings. The first-order valence-corrected chi connectivity index (χ1v) is 6.02. The van der Waals surface area contributed by atoms with E-state index in [4.69, 9.17) is 11.5 Å². The SMILES string of the molecule is CC(C)N1CCN(CCC(N)C(N)=O)CC1. The van der Waals surface area contributed by atoms with E-state index in [0.717, 1.165) is 32.7 Å². The maximum Gasteiger partial charge on any atom is 0.234 e. The smallest absolute Gasteiger partial charge is 0.234 e. The van der Waals surface area contributed by atoms with Crippen LogP contribution in [-0.2, 0) is 4.79 Å². The van der Waals surface area contributed by atoms with Gasteiger partial charge in [-0.05, 0) is 20.3 Å². The van der Waals surface area contributed by atoms with Gasteiger partial charge in [-0.25, -0.2) is 0 Å².